The van der Waals surface area contributed by atoms with Crippen LogP contribution >= 0.6 is 0 Å². The summed E-state index contributed by atoms with van der Waals surface area (Å²) in [4.78, 5) is 13.1. The van der Waals surface area contributed by atoms with Gasteiger partial charge in [-0.25, -0.2) is 0 Å². The number of rotatable bonds is 34. The van der Waals surface area contributed by atoms with Crippen LogP contribution in [0.2, 0.25) is 0 Å². The van der Waals surface area contributed by atoms with Gasteiger partial charge in [0.1, 0.15) is 73.2 Å². The molecule has 3 rings (SSSR count). The Morgan fingerprint density at radius 1 is 0.536 bits per heavy atom. The van der Waals surface area contributed by atoms with Gasteiger partial charge in [0.2, 0.25) is 5.91 Å². The zero-order valence-corrected chi connectivity index (χ0v) is 40.8. The van der Waals surface area contributed by atoms with Gasteiger partial charge < -0.3 is 89.9 Å². The zero-order valence-electron chi connectivity index (χ0n) is 40.8. The van der Waals surface area contributed by atoms with Crippen molar-refractivity contribution in [1.29, 1.82) is 0 Å². The third kappa shape index (κ3) is 21.0. The lowest BCUT2D eigenvalue weighted by Crippen LogP contribution is -2.66. The van der Waals surface area contributed by atoms with Crippen molar-refractivity contribution in [3.63, 3.8) is 0 Å². The summed E-state index contributed by atoms with van der Waals surface area (Å²) >= 11 is 0. The summed E-state index contributed by atoms with van der Waals surface area (Å²) in [7, 11) is 0. The number of aliphatic hydroxyl groups excluding tert-OH is 11. The average molecular weight is 990 g/mol. The van der Waals surface area contributed by atoms with Gasteiger partial charge in [-0.3, -0.25) is 4.79 Å². The van der Waals surface area contributed by atoms with Gasteiger partial charge >= 0.3 is 0 Å². The lowest BCUT2D eigenvalue weighted by atomic mass is 9.96. The second kappa shape index (κ2) is 35.0. The van der Waals surface area contributed by atoms with Crippen molar-refractivity contribution in [2.75, 3.05) is 26.4 Å². The lowest BCUT2D eigenvalue weighted by molar-refractivity contribution is -0.379. The fourth-order valence-corrected chi connectivity index (χ4v) is 8.42. The largest absolute Gasteiger partial charge is 0.394 e. The molecule has 19 heteroatoms. The van der Waals surface area contributed by atoms with Gasteiger partial charge in [0.05, 0.1) is 38.6 Å². The minimum Gasteiger partial charge on any atom is -0.394 e. The highest BCUT2D eigenvalue weighted by Crippen LogP contribution is 2.33. The molecule has 3 heterocycles. The number of ether oxygens (including phenoxy) is 6. The summed E-state index contributed by atoms with van der Waals surface area (Å²) in [6.07, 6.45) is 7.66. The summed E-state index contributed by atoms with van der Waals surface area (Å²) in [5.74, 6) is -0.268. The SMILES string of the molecule is CC/C=C\C/C=C\C/C=C\C/C=C\CCCCCCCCCCC(=O)NC(COC1OC(CO)C(OC2OC(CO)C(OC3OC(CO)C(O)C(O)C3O)C(O)C2O)C(O)C1O)C(O)CCCCC. The molecule has 400 valence electrons. The standard InChI is InChI=1S/C50H87NO18/c1-3-5-7-8-9-10-11-12-13-14-15-16-17-18-19-20-21-22-23-24-26-28-38(56)51-33(34(55)27-25-6-4-2)32-64-48-44(62)41(59)46(36(30-53)66-48)69-50-45(63)42(60)47(37(31-54)67-50)68-49-43(61)40(58)39(57)35(29-52)65-49/h5,7,9-10,12-13,15-16,33-37,39-50,52-55,57-63H,3-4,6,8,11,14,17-32H2,1-2H3,(H,51,56)/b7-5-,10-9-,13-12-,16-15-. The first-order valence-electron chi connectivity index (χ1n) is 25.4. The Morgan fingerprint density at radius 3 is 1.54 bits per heavy atom. The molecule has 17 atom stereocenters. The monoisotopic (exact) mass is 990 g/mol. The number of carbonyl (C=O) groups is 1. The van der Waals surface area contributed by atoms with Crippen LogP contribution in [0.15, 0.2) is 48.6 Å². The van der Waals surface area contributed by atoms with E-state index >= 15 is 0 Å². The van der Waals surface area contributed by atoms with Gasteiger partial charge in [-0.2, -0.15) is 0 Å². The van der Waals surface area contributed by atoms with Crippen LogP contribution in [0, 0.1) is 0 Å². The Hall–Kier alpha value is -2.25. The minimum atomic E-state index is -1.97. The maximum absolute atomic E-state index is 13.1. The highest BCUT2D eigenvalue weighted by Gasteiger charge is 2.53. The van der Waals surface area contributed by atoms with Crippen molar-refractivity contribution in [2.45, 2.75) is 234 Å². The van der Waals surface area contributed by atoms with Gasteiger partial charge in [0, 0.05) is 6.42 Å². The van der Waals surface area contributed by atoms with Crippen molar-refractivity contribution in [3.8, 4) is 0 Å². The third-order valence-corrected chi connectivity index (χ3v) is 12.7. The van der Waals surface area contributed by atoms with E-state index in [2.05, 4.69) is 60.8 Å². The number of allylic oxidation sites excluding steroid dienone is 8. The average Bonchev–Trinajstić information content (AvgIpc) is 3.34. The van der Waals surface area contributed by atoms with E-state index in [1.807, 2.05) is 6.92 Å². The van der Waals surface area contributed by atoms with Crippen LogP contribution in [-0.4, -0.2) is 193 Å². The van der Waals surface area contributed by atoms with Crippen molar-refractivity contribution in [1.82, 2.24) is 5.32 Å². The Balaban J connectivity index is 1.42. The summed E-state index contributed by atoms with van der Waals surface area (Å²) in [6.45, 7) is 1.44. The summed E-state index contributed by atoms with van der Waals surface area (Å²) < 4.78 is 33.9. The third-order valence-electron chi connectivity index (χ3n) is 12.7. The second-order valence-corrected chi connectivity index (χ2v) is 18.3. The zero-order chi connectivity index (χ0) is 50.6. The second-order valence-electron chi connectivity index (χ2n) is 18.3. The number of unbranched alkanes of at least 4 members (excludes halogenated alkanes) is 10. The molecule has 69 heavy (non-hydrogen) atoms. The molecule has 3 aliphatic rings. The van der Waals surface area contributed by atoms with Crippen LogP contribution in [-0.2, 0) is 33.2 Å². The highest BCUT2D eigenvalue weighted by molar-refractivity contribution is 5.76. The topological polar surface area (TPSA) is 307 Å². The number of nitrogens with one attached hydrogen (secondary N) is 1. The van der Waals surface area contributed by atoms with E-state index in [-0.39, 0.29) is 18.9 Å². The molecule has 0 saturated carbocycles. The van der Waals surface area contributed by atoms with Crippen molar-refractivity contribution in [2.24, 2.45) is 0 Å². The number of carbonyl (C=O) groups excluding carboxylic acids is 1. The van der Waals surface area contributed by atoms with Gasteiger partial charge in [-0.05, 0) is 51.4 Å². The first kappa shape index (κ1) is 61.1. The number of hydrogen-bond acceptors (Lipinski definition) is 18. The van der Waals surface area contributed by atoms with Crippen molar-refractivity contribution < 1.29 is 89.4 Å². The molecule has 0 spiro atoms. The van der Waals surface area contributed by atoms with Gasteiger partial charge in [-0.15, -0.1) is 0 Å². The molecule has 3 fully saturated rings. The van der Waals surface area contributed by atoms with Crippen LogP contribution in [0.5, 0.6) is 0 Å². The van der Waals surface area contributed by atoms with Crippen LogP contribution in [0.3, 0.4) is 0 Å². The molecule has 0 aliphatic carbocycles. The quantitative estimate of drug-likeness (QED) is 0.0322. The first-order chi connectivity index (χ1) is 33.3. The Bertz CT molecular complexity index is 1460. The van der Waals surface area contributed by atoms with Gasteiger partial charge in [0.15, 0.2) is 18.9 Å². The Morgan fingerprint density at radius 2 is 1.00 bits per heavy atom. The van der Waals surface area contributed by atoms with Crippen LogP contribution in [0.1, 0.15) is 129 Å². The summed E-state index contributed by atoms with van der Waals surface area (Å²) in [5, 5.41) is 119. The fraction of sp³-hybridized carbons (Fsp3) is 0.820. The van der Waals surface area contributed by atoms with Crippen LogP contribution in [0.4, 0.5) is 0 Å². The molecular weight excluding hydrogens is 903 g/mol. The predicted molar refractivity (Wildman–Crippen MR) is 254 cm³/mol. The van der Waals surface area contributed by atoms with E-state index in [0.29, 0.717) is 19.3 Å². The molecule has 0 radical (unpaired) electrons. The summed E-state index contributed by atoms with van der Waals surface area (Å²) in [6, 6.07) is -0.888. The first-order valence-corrected chi connectivity index (χ1v) is 25.4. The van der Waals surface area contributed by atoms with Gasteiger partial charge in [0.25, 0.3) is 0 Å². The molecule has 12 N–H and O–H groups in total. The van der Waals surface area contributed by atoms with Crippen molar-refractivity contribution >= 4 is 5.91 Å². The minimum absolute atomic E-state index is 0.251. The molecule has 17 unspecified atom stereocenters. The molecule has 19 nitrogen and oxygen atoms in total. The van der Waals surface area contributed by atoms with Crippen LogP contribution < -0.4 is 5.32 Å². The van der Waals surface area contributed by atoms with E-state index in [1.54, 1.807) is 0 Å². The molecule has 3 saturated heterocycles. The van der Waals surface area contributed by atoms with Gasteiger partial charge in [-0.1, -0.05) is 120 Å². The van der Waals surface area contributed by atoms with E-state index < -0.39 is 124 Å². The van der Waals surface area contributed by atoms with Crippen LogP contribution in [0.25, 0.3) is 0 Å². The summed E-state index contributed by atoms with van der Waals surface area (Å²) in [5.41, 5.74) is 0. The number of hydrogen-bond donors (Lipinski definition) is 12. The van der Waals surface area contributed by atoms with Crippen molar-refractivity contribution in [3.05, 3.63) is 48.6 Å². The molecule has 0 aromatic rings. The Labute approximate surface area is 408 Å². The lowest BCUT2D eigenvalue weighted by Gasteiger charge is -2.48. The van der Waals surface area contributed by atoms with E-state index in [4.69, 9.17) is 28.4 Å². The molecule has 0 aromatic carbocycles. The fourth-order valence-electron chi connectivity index (χ4n) is 8.42. The van der Waals surface area contributed by atoms with E-state index in [0.717, 1.165) is 70.6 Å². The highest BCUT2D eigenvalue weighted by atomic mass is 16.8. The maximum Gasteiger partial charge on any atom is 0.220 e. The molecule has 3 aliphatic heterocycles. The van der Waals surface area contributed by atoms with E-state index in [9.17, 15) is 61.0 Å². The molecular formula is C50H87NO18. The molecule has 0 bridgehead atoms. The maximum atomic E-state index is 13.1. The normalized spacial score (nSPS) is 33.3. The molecule has 0 aromatic heterocycles. The molecule has 1 amide bonds. The predicted octanol–water partition coefficient (Wildman–Crippen LogP) is 1.58. The Kier molecular flexibility index (Phi) is 31.0. The smallest absolute Gasteiger partial charge is 0.220 e. The number of aliphatic hydroxyl groups is 11. The van der Waals surface area contributed by atoms with E-state index in [1.165, 1.54) is 19.3 Å². The number of amides is 1.